The molecule has 1 heterocycles. The van der Waals surface area contributed by atoms with E-state index in [-0.39, 0.29) is 4.83 Å². The van der Waals surface area contributed by atoms with Gasteiger partial charge in [-0.05, 0) is 53.0 Å². The molecule has 0 aliphatic heterocycles. The predicted octanol–water partition coefficient (Wildman–Crippen LogP) is 5.08. The molecule has 2 rings (SSSR count). The van der Waals surface area contributed by atoms with Gasteiger partial charge in [0.2, 0.25) is 0 Å². The Morgan fingerprint density at radius 2 is 1.95 bits per heavy atom. The smallest absolute Gasteiger partial charge is 0.271 e. The van der Waals surface area contributed by atoms with Gasteiger partial charge in [-0.2, -0.15) is 0 Å². The SMILES string of the molecule is Cc1cc(S(=O)(=O)Nc2ccccc2C(C)Br)sc1Br. The molecule has 7 heteroatoms. The maximum absolute atomic E-state index is 12.4. The fourth-order valence-corrected chi connectivity index (χ4v) is 5.41. The number of aryl methyl sites for hydroxylation is 1. The minimum atomic E-state index is -3.55. The van der Waals surface area contributed by atoms with Crippen molar-refractivity contribution in [2.24, 2.45) is 0 Å². The van der Waals surface area contributed by atoms with Gasteiger partial charge in [-0.15, -0.1) is 11.3 Å². The standard InChI is InChI=1S/C13H13Br2NO2S2/c1-8-7-12(19-13(8)15)20(17,18)16-11-6-4-3-5-10(11)9(2)14/h3-7,9,16H,1-2H3. The molecule has 1 atom stereocenters. The molecule has 3 nitrogen and oxygen atoms in total. The third-order valence-electron chi connectivity index (χ3n) is 2.73. The second-order valence-corrected chi connectivity index (χ2v) is 9.98. The fraction of sp³-hybridized carbons (Fsp3) is 0.231. The minimum Gasteiger partial charge on any atom is -0.279 e. The zero-order chi connectivity index (χ0) is 14.9. The molecule has 0 saturated heterocycles. The molecule has 0 spiro atoms. The number of hydrogen-bond acceptors (Lipinski definition) is 3. The van der Waals surface area contributed by atoms with Crippen molar-refractivity contribution in [3.63, 3.8) is 0 Å². The van der Waals surface area contributed by atoms with Crippen molar-refractivity contribution in [2.75, 3.05) is 4.72 Å². The summed E-state index contributed by atoms with van der Waals surface area (Å²) in [5.74, 6) is 0. The minimum absolute atomic E-state index is 0.0678. The lowest BCUT2D eigenvalue weighted by atomic mass is 10.1. The summed E-state index contributed by atoms with van der Waals surface area (Å²) in [6.07, 6.45) is 0. The molecule has 108 valence electrons. The molecular weight excluding hydrogens is 426 g/mol. The predicted molar refractivity (Wildman–Crippen MR) is 91.3 cm³/mol. The lowest BCUT2D eigenvalue weighted by molar-refractivity contribution is 0.603. The van der Waals surface area contributed by atoms with Crippen LogP contribution in [0.15, 0.2) is 38.3 Å². The van der Waals surface area contributed by atoms with E-state index in [0.29, 0.717) is 9.90 Å². The molecule has 0 saturated carbocycles. The summed E-state index contributed by atoms with van der Waals surface area (Å²) >= 11 is 8.03. The highest BCUT2D eigenvalue weighted by Crippen LogP contribution is 2.34. The van der Waals surface area contributed by atoms with Crippen LogP contribution >= 0.6 is 43.2 Å². The van der Waals surface area contributed by atoms with Crippen LogP contribution in [0.4, 0.5) is 5.69 Å². The van der Waals surface area contributed by atoms with Gasteiger partial charge in [0.1, 0.15) is 4.21 Å². The molecule has 0 aliphatic carbocycles. The number of nitrogens with one attached hydrogen (secondary N) is 1. The number of alkyl halides is 1. The van der Waals surface area contributed by atoms with Gasteiger partial charge in [-0.1, -0.05) is 34.1 Å². The average Bonchev–Trinajstić information content (AvgIpc) is 2.70. The van der Waals surface area contributed by atoms with Crippen LogP contribution in [0, 0.1) is 6.92 Å². The van der Waals surface area contributed by atoms with E-state index >= 15 is 0 Å². The molecule has 0 amide bonds. The van der Waals surface area contributed by atoms with Crippen molar-refractivity contribution in [1.82, 2.24) is 0 Å². The van der Waals surface area contributed by atoms with Crippen LogP contribution in [0.25, 0.3) is 0 Å². The Labute approximate surface area is 139 Å². The number of halogens is 2. The Bertz CT molecular complexity index is 704. The monoisotopic (exact) mass is 437 g/mol. The summed E-state index contributed by atoms with van der Waals surface area (Å²) < 4.78 is 28.6. The number of benzene rings is 1. The van der Waals surface area contributed by atoms with Crippen molar-refractivity contribution in [2.45, 2.75) is 22.9 Å². The molecule has 0 fully saturated rings. The molecule has 0 radical (unpaired) electrons. The Morgan fingerprint density at radius 1 is 1.30 bits per heavy atom. The van der Waals surface area contributed by atoms with Crippen LogP contribution in [-0.2, 0) is 10.0 Å². The molecule has 0 aliphatic rings. The van der Waals surface area contributed by atoms with E-state index in [0.717, 1.165) is 14.9 Å². The second-order valence-electron chi connectivity index (χ2n) is 4.33. The highest BCUT2D eigenvalue weighted by Gasteiger charge is 2.20. The Morgan fingerprint density at radius 3 is 2.50 bits per heavy atom. The van der Waals surface area contributed by atoms with E-state index in [1.54, 1.807) is 12.1 Å². The van der Waals surface area contributed by atoms with Gasteiger partial charge in [0.05, 0.1) is 9.47 Å². The molecule has 1 aromatic carbocycles. The molecule has 20 heavy (non-hydrogen) atoms. The molecule has 1 unspecified atom stereocenters. The van der Waals surface area contributed by atoms with Crippen molar-refractivity contribution in [3.8, 4) is 0 Å². The molecule has 1 aromatic heterocycles. The first kappa shape index (κ1) is 16.0. The fourth-order valence-electron chi connectivity index (χ4n) is 1.70. The first-order valence-electron chi connectivity index (χ1n) is 5.83. The van der Waals surface area contributed by atoms with Crippen LogP contribution in [0.5, 0.6) is 0 Å². The first-order valence-corrected chi connectivity index (χ1v) is 9.84. The highest BCUT2D eigenvalue weighted by atomic mass is 79.9. The topological polar surface area (TPSA) is 46.2 Å². The van der Waals surface area contributed by atoms with Crippen LogP contribution < -0.4 is 4.72 Å². The highest BCUT2D eigenvalue weighted by molar-refractivity contribution is 9.11. The molecule has 0 bridgehead atoms. The van der Waals surface area contributed by atoms with E-state index in [1.165, 1.54) is 11.3 Å². The van der Waals surface area contributed by atoms with Crippen molar-refractivity contribution >= 4 is 58.9 Å². The van der Waals surface area contributed by atoms with Gasteiger partial charge in [0.15, 0.2) is 0 Å². The number of sulfonamides is 1. The van der Waals surface area contributed by atoms with E-state index in [9.17, 15) is 8.42 Å². The average molecular weight is 439 g/mol. The summed E-state index contributed by atoms with van der Waals surface area (Å²) in [7, 11) is -3.55. The largest absolute Gasteiger partial charge is 0.279 e. The van der Waals surface area contributed by atoms with E-state index in [2.05, 4.69) is 36.6 Å². The number of anilines is 1. The maximum Gasteiger partial charge on any atom is 0.271 e. The second kappa shape index (κ2) is 6.17. The van der Waals surface area contributed by atoms with Gasteiger partial charge in [0.25, 0.3) is 10.0 Å². The number of rotatable bonds is 4. The maximum atomic E-state index is 12.4. The normalized spacial score (nSPS) is 13.2. The zero-order valence-electron chi connectivity index (χ0n) is 10.9. The van der Waals surface area contributed by atoms with Gasteiger partial charge >= 0.3 is 0 Å². The summed E-state index contributed by atoms with van der Waals surface area (Å²) in [6.45, 7) is 3.83. The van der Waals surface area contributed by atoms with Crippen LogP contribution in [0.2, 0.25) is 0 Å². The lowest BCUT2D eigenvalue weighted by Gasteiger charge is -2.13. The van der Waals surface area contributed by atoms with Crippen LogP contribution in [0.3, 0.4) is 0 Å². The van der Waals surface area contributed by atoms with E-state index < -0.39 is 10.0 Å². The van der Waals surface area contributed by atoms with Crippen LogP contribution in [0.1, 0.15) is 22.9 Å². The third kappa shape index (κ3) is 3.44. The summed E-state index contributed by atoms with van der Waals surface area (Å²) in [6, 6.07) is 9.02. The number of thiophene rings is 1. The number of para-hydroxylation sites is 1. The Balaban J connectivity index is 2.38. The van der Waals surface area contributed by atoms with Crippen molar-refractivity contribution < 1.29 is 8.42 Å². The van der Waals surface area contributed by atoms with Gasteiger partial charge in [-0.3, -0.25) is 4.72 Å². The zero-order valence-corrected chi connectivity index (χ0v) is 15.7. The molecular formula is C13H13Br2NO2S2. The quantitative estimate of drug-likeness (QED) is 0.676. The summed E-state index contributed by atoms with van der Waals surface area (Å²) in [5, 5.41) is 0. The van der Waals surface area contributed by atoms with Gasteiger partial charge < -0.3 is 0 Å². The molecule has 2 aromatic rings. The first-order chi connectivity index (χ1) is 9.31. The summed E-state index contributed by atoms with van der Waals surface area (Å²) in [4.78, 5) is 0.0678. The third-order valence-corrected chi connectivity index (χ3v) is 7.20. The lowest BCUT2D eigenvalue weighted by Crippen LogP contribution is -2.13. The van der Waals surface area contributed by atoms with Gasteiger partial charge in [-0.25, -0.2) is 8.42 Å². The van der Waals surface area contributed by atoms with Gasteiger partial charge in [0, 0.05) is 4.83 Å². The van der Waals surface area contributed by atoms with Crippen molar-refractivity contribution in [3.05, 3.63) is 45.2 Å². The molecule has 1 N–H and O–H groups in total. The van der Waals surface area contributed by atoms with E-state index in [4.69, 9.17) is 0 Å². The summed E-state index contributed by atoms with van der Waals surface area (Å²) in [5.41, 5.74) is 2.42. The van der Waals surface area contributed by atoms with Crippen molar-refractivity contribution in [1.29, 1.82) is 0 Å². The Kier molecular flexibility index (Phi) is 4.94. The Hall–Kier alpha value is -0.370. The van der Waals surface area contributed by atoms with E-state index in [1.807, 2.05) is 32.0 Å². The number of hydrogen-bond donors (Lipinski definition) is 1. The van der Waals surface area contributed by atoms with Crippen LogP contribution in [-0.4, -0.2) is 8.42 Å².